The van der Waals surface area contributed by atoms with E-state index in [-0.39, 0.29) is 17.5 Å². The normalized spacial score (nSPS) is 12.6. The van der Waals surface area contributed by atoms with Gasteiger partial charge in [-0.3, -0.25) is 0 Å². The number of nitrogens with zero attached hydrogens (tertiary/aromatic N) is 4. The molecule has 0 N–H and O–H groups in total. The number of anilines is 6. The molecule has 0 fully saturated rings. The fraction of sp³-hybridized carbons (Fsp3) is 0.103. The van der Waals surface area contributed by atoms with E-state index in [1.54, 1.807) is 0 Å². The van der Waals surface area contributed by atoms with Gasteiger partial charge in [-0.25, -0.2) is 9.97 Å². The molecule has 0 atom stereocenters. The molecule has 3 heterocycles. The van der Waals surface area contributed by atoms with E-state index < -0.39 is 0 Å². The van der Waals surface area contributed by atoms with Gasteiger partial charge in [-0.1, -0.05) is 248 Å². The zero-order valence-electron chi connectivity index (χ0n) is 47.8. The lowest BCUT2D eigenvalue weighted by Gasteiger charge is -2.45. The fourth-order valence-corrected chi connectivity index (χ4v) is 12.4. The van der Waals surface area contributed by atoms with Crippen LogP contribution < -0.4 is 26.2 Å². The smallest absolute Gasteiger partial charge is 0.252 e. The molecule has 398 valence electrons. The molecule has 4 nitrogen and oxygen atoms in total. The molecule has 0 amide bonds. The molecule has 0 bridgehead atoms. The van der Waals surface area contributed by atoms with Crippen LogP contribution in [-0.2, 0) is 10.8 Å². The van der Waals surface area contributed by atoms with Crippen molar-refractivity contribution in [1.29, 1.82) is 0 Å². The van der Waals surface area contributed by atoms with Gasteiger partial charge in [-0.05, 0) is 150 Å². The molecule has 2 aliphatic heterocycles. The van der Waals surface area contributed by atoms with Gasteiger partial charge in [0.1, 0.15) is 0 Å². The molecule has 0 unspecified atom stereocenters. The van der Waals surface area contributed by atoms with E-state index in [2.05, 4.69) is 324 Å². The van der Waals surface area contributed by atoms with Crippen LogP contribution >= 0.6 is 0 Å². The monoisotopic (exact) mass is 1070 g/mol. The first-order chi connectivity index (χ1) is 40.4. The van der Waals surface area contributed by atoms with E-state index in [0.29, 0.717) is 5.82 Å². The highest BCUT2D eigenvalue weighted by Crippen LogP contribution is 2.49. The fourth-order valence-electron chi connectivity index (χ4n) is 12.4. The number of benzene rings is 11. The van der Waals surface area contributed by atoms with Gasteiger partial charge in [0.2, 0.25) is 0 Å². The molecule has 0 radical (unpaired) electrons. The molecule has 1 aromatic heterocycles. The summed E-state index contributed by atoms with van der Waals surface area (Å²) in [6, 6.07) is 100. The lowest BCUT2D eigenvalue weighted by atomic mass is 9.33. The van der Waals surface area contributed by atoms with E-state index in [1.165, 1.54) is 27.5 Å². The molecule has 2 aliphatic rings. The van der Waals surface area contributed by atoms with Crippen LogP contribution in [0, 0.1) is 0 Å². The Morgan fingerprint density at radius 3 is 0.952 bits per heavy atom. The maximum atomic E-state index is 5.59. The number of fused-ring (bicyclic) bond motifs is 4. The van der Waals surface area contributed by atoms with Crippen LogP contribution in [0.3, 0.4) is 0 Å². The van der Waals surface area contributed by atoms with Crippen molar-refractivity contribution in [2.24, 2.45) is 0 Å². The van der Waals surface area contributed by atoms with E-state index in [9.17, 15) is 0 Å². The van der Waals surface area contributed by atoms with Crippen molar-refractivity contribution < 1.29 is 0 Å². The minimum absolute atomic E-state index is 0.122. The molecule has 83 heavy (non-hydrogen) atoms. The topological polar surface area (TPSA) is 32.3 Å². The summed E-state index contributed by atoms with van der Waals surface area (Å²) in [5.41, 5.74) is 26.7. The van der Waals surface area contributed by atoms with Crippen LogP contribution in [0.1, 0.15) is 52.7 Å². The molecule has 0 aliphatic carbocycles. The molecule has 5 heteroatoms. The third kappa shape index (κ3) is 9.62. The van der Waals surface area contributed by atoms with Crippen molar-refractivity contribution in [3.05, 3.63) is 284 Å². The lowest BCUT2D eigenvalue weighted by Crippen LogP contribution is -2.61. The first kappa shape index (κ1) is 51.3. The minimum Gasteiger partial charge on any atom is -0.311 e. The van der Waals surface area contributed by atoms with Crippen LogP contribution in [-0.4, -0.2) is 16.7 Å². The van der Waals surface area contributed by atoms with Gasteiger partial charge in [0.25, 0.3) is 6.71 Å². The Kier molecular flexibility index (Phi) is 12.7. The van der Waals surface area contributed by atoms with E-state index >= 15 is 0 Å². The van der Waals surface area contributed by atoms with Gasteiger partial charge in [0, 0.05) is 50.8 Å². The molecule has 0 saturated carbocycles. The van der Waals surface area contributed by atoms with E-state index in [1.807, 2.05) is 0 Å². The summed E-state index contributed by atoms with van der Waals surface area (Å²) in [6.45, 7) is 13.9. The second kappa shape index (κ2) is 20.6. The number of rotatable bonds is 9. The minimum atomic E-state index is -0.141. The zero-order chi connectivity index (χ0) is 56.4. The van der Waals surface area contributed by atoms with Crippen molar-refractivity contribution in [2.75, 3.05) is 9.80 Å². The quantitative estimate of drug-likeness (QED) is 0.135. The van der Waals surface area contributed by atoms with Crippen LogP contribution in [0.15, 0.2) is 273 Å². The first-order valence-corrected chi connectivity index (χ1v) is 29.0. The van der Waals surface area contributed by atoms with Gasteiger partial charge in [0.15, 0.2) is 5.82 Å². The molecule has 0 saturated heterocycles. The van der Waals surface area contributed by atoms with Crippen LogP contribution in [0.4, 0.5) is 34.1 Å². The maximum absolute atomic E-state index is 5.59. The summed E-state index contributed by atoms with van der Waals surface area (Å²) in [5.74, 6) is 0.672. The van der Waals surface area contributed by atoms with Gasteiger partial charge in [-0.15, -0.1) is 0 Å². The summed E-state index contributed by atoms with van der Waals surface area (Å²) < 4.78 is 0. The molecule has 0 spiro atoms. The van der Waals surface area contributed by atoms with Gasteiger partial charge < -0.3 is 9.80 Å². The first-order valence-electron chi connectivity index (χ1n) is 29.0. The Balaban J connectivity index is 1.14. The van der Waals surface area contributed by atoms with Gasteiger partial charge in [0.05, 0.1) is 11.4 Å². The Bertz CT molecular complexity index is 3990. The molecule has 12 aromatic rings. The summed E-state index contributed by atoms with van der Waals surface area (Å²) in [5, 5.41) is 0. The second-order valence-electron chi connectivity index (χ2n) is 24.3. The SMILES string of the molecule is CC(C)(C)c1ccc2c(c1)B1c3cc(C(C)(C)C)ccc3N(c3cc(-c4ccccc4)cc(-c4ccccc4)c3)c3cc(-c4cc(-c5ccccc5)nc(-c5ccccc5)n4)cc(c31)N2c1cc(-c2ccccc2)cc(-c2ccccc2)c1. The largest absolute Gasteiger partial charge is 0.311 e. The number of aromatic nitrogens is 2. The highest BCUT2D eigenvalue weighted by molar-refractivity contribution is 7.00. The Morgan fingerprint density at radius 1 is 0.277 bits per heavy atom. The average Bonchev–Trinajstić information content (AvgIpc) is 1.47. The number of hydrogen-bond acceptors (Lipinski definition) is 4. The third-order valence-corrected chi connectivity index (χ3v) is 16.7. The van der Waals surface area contributed by atoms with Gasteiger partial charge >= 0.3 is 0 Å². The summed E-state index contributed by atoms with van der Waals surface area (Å²) in [6.07, 6.45) is 0. The second-order valence-corrected chi connectivity index (χ2v) is 24.3. The van der Waals surface area contributed by atoms with Crippen molar-refractivity contribution in [1.82, 2.24) is 9.97 Å². The van der Waals surface area contributed by atoms with Crippen molar-refractivity contribution in [3.63, 3.8) is 0 Å². The van der Waals surface area contributed by atoms with E-state index in [0.717, 1.165) is 107 Å². The average molecular weight is 1070 g/mol. The van der Waals surface area contributed by atoms with Crippen LogP contribution in [0.2, 0.25) is 0 Å². The lowest BCUT2D eigenvalue weighted by molar-refractivity contribution is 0.590. The highest BCUT2D eigenvalue weighted by atomic mass is 15.2. The summed E-state index contributed by atoms with van der Waals surface area (Å²) in [7, 11) is 0. The molecular weight excluding hydrogens is 1000 g/mol. The van der Waals surface area contributed by atoms with Crippen LogP contribution in [0.5, 0.6) is 0 Å². The summed E-state index contributed by atoms with van der Waals surface area (Å²) >= 11 is 0. The molecular formula is C78H63BN4. The van der Waals surface area contributed by atoms with Gasteiger partial charge in [-0.2, -0.15) is 0 Å². The van der Waals surface area contributed by atoms with Crippen molar-refractivity contribution in [2.45, 2.75) is 52.4 Å². The highest BCUT2D eigenvalue weighted by Gasteiger charge is 2.45. The molecule has 11 aromatic carbocycles. The Hall–Kier alpha value is -9.84. The zero-order valence-corrected chi connectivity index (χ0v) is 47.8. The number of hydrogen-bond donors (Lipinski definition) is 0. The molecule has 14 rings (SSSR count). The standard InChI is InChI=1S/C78H63BN4/c1-77(2,3)63-37-39-71-67(49-63)79-68-50-64(78(4,5)6)38-40-72(68)83(66-45-60(54-29-17-9-18-30-54)42-61(46-66)55-31-19-10-20-32-55)74-48-62(70-51-69(56-33-21-11-22-34-56)80-76(81-70)57-35-23-12-24-36-57)47-73(75(74)79)82(71)65-43-58(52-25-13-7-14-26-52)41-59(44-65)53-27-15-8-16-28-53/h7-51H,1-6H3. The van der Waals surface area contributed by atoms with Crippen LogP contribution in [0.25, 0.3) is 78.4 Å². The summed E-state index contributed by atoms with van der Waals surface area (Å²) in [4.78, 5) is 16.1. The van der Waals surface area contributed by atoms with E-state index in [4.69, 9.17) is 9.97 Å². The predicted molar refractivity (Wildman–Crippen MR) is 352 cm³/mol. The Morgan fingerprint density at radius 2 is 0.602 bits per heavy atom. The predicted octanol–water partition coefficient (Wildman–Crippen LogP) is 18.8. The van der Waals surface area contributed by atoms with Crippen molar-refractivity contribution >= 4 is 57.2 Å². The maximum Gasteiger partial charge on any atom is 0.252 e. The van der Waals surface area contributed by atoms with Crippen molar-refractivity contribution in [3.8, 4) is 78.4 Å². The third-order valence-electron chi connectivity index (χ3n) is 16.7. The Labute approximate surface area is 489 Å².